The number of hydrogen-bond acceptors (Lipinski definition) is 5. The third-order valence-electron chi connectivity index (χ3n) is 4.48. The van der Waals surface area contributed by atoms with E-state index in [-0.39, 0.29) is 5.91 Å². The fraction of sp³-hybridized carbons (Fsp3) is 0.348. The summed E-state index contributed by atoms with van der Waals surface area (Å²) in [6.07, 6.45) is 3.06. The first kappa shape index (κ1) is 21.0. The minimum Gasteiger partial charge on any atom is -0.430 e. The van der Waals surface area contributed by atoms with Gasteiger partial charge in [-0.05, 0) is 36.1 Å². The average molecular weight is 410 g/mol. The van der Waals surface area contributed by atoms with Crippen molar-refractivity contribution in [3.63, 3.8) is 0 Å². The van der Waals surface area contributed by atoms with Crippen LogP contribution in [0.25, 0.3) is 0 Å². The molecule has 0 N–H and O–H groups in total. The molecule has 29 heavy (non-hydrogen) atoms. The van der Waals surface area contributed by atoms with Crippen molar-refractivity contribution in [1.29, 1.82) is 0 Å². The Hall–Kier alpha value is -2.73. The number of ether oxygens (including phenoxy) is 1. The molecule has 0 unspecified atom stereocenters. The number of hydrogen-bond donors (Lipinski definition) is 0. The Bertz CT molecular complexity index is 888. The van der Waals surface area contributed by atoms with E-state index in [9.17, 15) is 4.79 Å². The normalized spacial score (nSPS) is 10.7. The van der Waals surface area contributed by atoms with Gasteiger partial charge in [0.15, 0.2) is 5.82 Å². The van der Waals surface area contributed by atoms with E-state index < -0.39 is 0 Å². The quantitative estimate of drug-likeness (QED) is 0.467. The smallest absolute Gasteiger partial charge is 0.298 e. The Morgan fingerprint density at radius 2 is 1.66 bits per heavy atom. The fourth-order valence-electron chi connectivity index (χ4n) is 3.09. The van der Waals surface area contributed by atoms with Gasteiger partial charge in [0.05, 0.1) is 6.42 Å². The number of carbonyl (C=O) groups excluding carboxylic acids is 1. The summed E-state index contributed by atoms with van der Waals surface area (Å²) in [6, 6.07) is 17.8. The topological polar surface area (TPSA) is 55.3 Å². The van der Waals surface area contributed by atoms with Gasteiger partial charge in [-0.1, -0.05) is 56.3 Å². The third-order valence-corrected chi connectivity index (χ3v) is 5.11. The van der Waals surface area contributed by atoms with Crippen LogP contribution in [0, 0.1) is 0 Å². The monoisotopic (exact) mass is 409 g/mol. The van der Waals surface area contributed by atoms with Crippen LogP contribution >= 0.6 is 11.5 Å². The lowest BCUT2D eigenvalue weighted by Crippen LogP contribution is -2.33. The van der Waals surface area contributed by atoms with Crippen molar-refractivity contribution in [2.75, 3.05) is 13.1 Å². The van der Waals surface area contributed by atoms with Gasteiger partial charge in [-0.25, -0.2) is 0 Å². The lowest BCUT2D eigenvalue weighted by Gasteiger charge is -2.21. The summed E-state index contributed by atoms with van der Waals surface area (Å²) < 4.78 is 10.2. The van der Waals surface area contributed by atoms with Gasteiger partial charge in [0.2, 0.25) is 5.91 Å². The Morgan fingerprint density at radius 3 is 2.31 bits per heavy atom. The molecule has 5 nitrogen and oxygen atoms in total. The van der Waals surface area contributed by atoms with Crippen LogP contribution in [0.15, 0.2) is 54.6 Å². The zero-order valence-electron chi connectivity index (χ0n) is 17.0. The zero-order chi connectivity index (χ0) is 20.5. The minimum atomic E-state index is 0.178. The van der Waals surface area contributed by atoms with Crippen LogP contribution in [0.4, 0.5) is 0 Å². The van der Waals surface area contributed by atoms with Crippen molar-refractivity contribution in [2.45, 2.75) is 39.5 Å². The van der Waals surface area contributed by atoms with E-state index in [2.05, 4.69) is 35.3 Å². The first-order valence-corrected chi connectivity index (χ1v) is 10.9. The number of rotatable bonds is 10. The standard InChI is InChI=1S/C23H27N3O2S/c1-3-14-26(15-4-2)22(27)17-19-10-12-20(13-11-19)28-23-24-21(25-29-23)16-18-8-6-5-7-9-18/h5-13H,3-4,14-17H2,1-2H3. The summed E-state index contributed by atoms with van der Waals surface area (Å²) in [4.78, 5) is 18.9. The van der Waals surface area contributed by atoms with Gasteiger partial charge in [0.25, 0.3) is 5.19 Å². The minimum absolute atomic E-state index is 0.178. The van der Waals surface area contributed by atoms with E-state index >= 15 is 0 Å². The molecule has 0 spiro atoms. The summed E-state index contributed by atoms with van der Waals surface area (Å²) >= 11 is 1.25. The highest BCUT2D eigenvalue weighted by atomic mass is 32.1. The number of aromatic nitrogens is 2. The molecule has 3 aromatic rings. The zero-order valence-corrected chi connectivity index (χ0v) is 17.8. The average Bonchev–Trinajstić information content (AvgIpc) is 3.16. The Labute approximate surface area is 176 Å². The van der Waals surface area contributed by atoms with Crippen LogP contribution < -0.4 is 4.74 Å². The SMILES string of the molecule is CCCN(CCC)C(=O)Cc1ccc(Oc2nc(Cc3ccccc3)ns2)cc1. The fourth-order valence-corrected chi connectivity index (χ4v) is 3.66. The van der Waals surface area contributed by atoms with Gasteiger partial charge in [-0.3, -0.25) is 4.79 Å². The highest BCUT2D eigenvalue weighted by Crippen LogP contribution is 2.24. The lowest BCUT2D eigenvalue weighted by molar-refractivity contribution is -0.130. The van der Waals surface area contributed by atoms with E-state index in [0.29, 0.717) is 23.8 Å². The molecule has 6 heteroatoms. The van der Waals surface area contributed by atoms with Crippen molar-refractivity contribution >= 4 is 17.4 Å². The highest BCUT2D eigenvalue weighted by Gasteiger charge is 2.13. The number of nitrogens with zero attached hydrogens (tertiary/aromatic N) is 3. The summed E-state index contributed by atoms with van der Waals surface area (Å²) in [5.41, 5.74) is 2.16. The molecule has 1 aromatic heterocycles. The second kappa shape index (κ2) is 10.7. The van der Waals surface area contributed by atoms with Crippen molar-refractivity contribution in [2.24, 2.45) is 0 Å². The lowest BCUT2D eigenvalue weighted by atomic mass is 10.1. The maximum Gasteiger partial charge on any atom is 0.298 e. The van der Waals surface area contributed by atoms with Gasteiger partial charge >= 0.3 is 0 Å². The van der Waals surface area contributed by atoms with Crippen LogP contribution in [0.3, 0.4) is 0 Å². The van der Waals surface area contributed by atoms with Crippen molar-refractivity contribution in [1.82, 2.24) is 14.3 Å². The molecular weight excluding hydrogens is 382 g/mol. The van der Waals surface area contributed by atoms with Crippen LogP contribution in [-0.4, -0.2) is 33.3 Å². The predicted octanol–water partition coefficient (Wildman–Crippen LogP) is 5.11. The Morgan fingerprint density at radius 1 is 0.966 bits per heavy atom. The largest absolute Gasteiger partial charge is 0.430 e. The van der Waals surface area contributed by atoms with Crippen LogP contribution in [0.5, 0.6) is 10.9 Å². The number of carbonyl (C=O) groups is 1. The molecule has 0 atom stereocenters. The van der Waals surface area contributed by atoms with Crippen molar-refractivity contribution in [3.8, 4) is 10.9 Å². The molecule has 1 heterocycles. The molecule has 0 saturated carbocycles. The molecule has 0 aliphatic rings. The van der Waals surface area contributed by atoms with E-state index in [4.69, 9.17) is 4.74 Å². The van der Waals surface area contributed by atoms with Crippen LogP contribution in [0.2, 0.25) is 0 Å². The maximum atomic E-state index is 12.5. The summed E-state index contributed by atoms with van der Waals surface area (Å²) in [6.45, 7) is 5.83. The van der Waals surface area contributed by atoms with Gasteiger partial charge in [0, 0.05) is 31.0 Å². The predicted molar refractivity (Wildman–Crippen MR) is 117 cm³/mol. The third kappa shape index (κ3) is 6.39. The second-order valence-electron chi connectivity index (χ2n) is 6.94. The highest BCUT2D eigenvalue weighted by molar-refractivity contribution is 7.07. The molecule has 0 aliphatic heterocycles. The maximum absolute atomic E-state index is 12.5. The van der Waals surface area contributed by atoms with Crippen LogP contribution in [0.1, 0.15) is 43.6 Å². The van der Waals surface area contributed by atoms with E-state index in [1.807, 2.05) is 47.4 Å². The van der Waals surface area contributed by atoms with E-state index in [1.165, 1.54) is 17.1 Å². The molecule has 0 bridgehead atoms. The molecule has 0 saturated heterocycles. The van der Waals surface area contributed by atoms with Gasteiger partial charge in [-0.15, -0.1) is 0 Å². The van der Waals surface area contributed by atoms with Crippen molar-refractivity contribution < 1.29 is 9.53 Å². The van der Waals surface area contributed by atoms with Crippen LogP contribution in [-0.2, 0) is 17.6 Å². The second-order valence-corrected chi connectivity index (χ2v) is 7.66. The molecule has 3 rings (SSSR count). The molecule has 0 fully saturated rings. The van der Waals surface area contributed by atoms with Gasteiger partial charge in [-0.2, -0.15) is 9.36 Å². The summed E-state index contributed by atoms with van der Waals surface area (Å²) in [7, 11) is 0. The molecule has 2 aromatic carbocycles. The molecule has 1 amide bonds. The molecular formula is C23H27N3O2S. The Kier molecular flexibility index (Phi) is 7.76. The molecule has 152 valence electrons. The first-order valence-electron chi connectivity index (χ1n) is 10.1. The number of benzene rings is 2. The van der Waals surface area contributed by atoms with Gasteiger partial charge < -0.3 is 9.64 Å². The first-order chi connectivity index (χ1) is 14.2. The van der Waals surface area contributed by atoms with Gasteiger partial charge in [0.1, 0.15) is 5.75 Å². The number of amides is 1. The van der Waals surface area contributed by atoms with Crippen molar-refractivity contribution in [3.05, 3.63) is 71.5 Å². The summed E-state index contributed by atoms with van der Waals surface area (Å²) in [5, 5.41) is 0.525. The van der Waals surface area contributed by atoms with E-state index in [0.717, 1.165) is 37.3 Å². The molecule has 0 aliphatic carbocycles. The van der Waals surface area contributed by atoms with E-state index in [1.54, 1.807) is 0 Å². The summed E-state index contributed by atoms with van der Waals surface area (Å²) in [5.74, 6) is 1.63. The molecule has 0 radical (unpaired) electrons. The Balaban J connectivity index is 1.56.